The van der Waals surface area contributed by atoms with E-state index >= 15 is 0 Å². The molecule has 0 bridgehead atoms. The molecule has 1 N–H and O–H groups in total. The van der Waals surface area contributed by atoms with E-state index in [1.54, 1.807) is 6.20 Å². The van der Waals surface area contributed by atoms with Gasteiger partial charge in [-0.3, -0.25) is 14.3 Å². The van der Waals surface area contributed by atoms with Crippen molar-refractivity contribution in [3.8, 4) is 11.1 Å². The van der Waals surface area contributed by atoms with E-state index < -0.39 is 0 Å². The maximum absolute atomic E-state index is 13.1. The highest BCUT2D eigenvalue weighted by Gasteiger charge is 2.52. The maximum atomic E-state index is 13.1. The van der Waals surface area contributed by atoms with Crippen LogP contribution in [0.3, 0.4) is 0 Å². The van der Waals surface area contributed by atoms with E-state index in [-0.39, 0.29) is 23.7 Å². The van der Waals surface area contributed by atoms with Crippen molar-refractivity contribution in [1.29, 1.82) is 0 Å². The molecule has 0 spiro atoms. The average molecular weight is 484 g/mol. The molecule has 7 heteroatoms. The van der Waals surface area contributed by atoms with Crippen molar-refractivity contribution in [3.05, 3.63) is 60.6 Å². The van der Waals surface area contributed by atoms with Gasteiger partial charge in [-0.2, -0.15) is 5.10 Å². The lowest BCUT2D eigenvalue weighted by Gasteiger charge is -2.23. The minimum Gasteiger partial charge on any atom is -0.312 e. The largest absolute Gasteiger partial charge is 0.312 e. The third-order valence-electron chi connectivity index (χ3n) is 8.31. The van der Waals surface area contributed by atoms with Crippen LogP contribution < -0.4 is 10.2 Å². The van der Waals surface area contributed by atoms with Crippen molar-refractivity contribution in [2.75, 3.05) is 16.8 Å². The lowest BCUT2D eigenvalue weighted by atomic mass is 9.83. The quantitative estimate of drug-likeness (QED) is 0.488. The monoisotopic (exact) mass is 483 g/mol. The molecule has 36 heavy (non-hydrogen) atoms. The van der Waals surface area contributed by atoms with Gasteiger partial charge < -0.3 is 10.2 Å². The fourth-order valence-electron chi connectivity index (χ4n) is 5.95. The number of hydrogen-bond acceptors (Lipinski definition) is 4. The van der Waals surface area contributed by atoms with Gasteiger partial charge in [-0.15, -0.1) is 0 Å². The molecule has 3 aromatic rings. The van der Waals surface area contributed by atoms with Gasteiger partial charge in [0.05, 0.1) is 24.1 Å². The summed E-state index contributed by atoms with van der Waals surface area (Å²) >= 11 is 0. The number of nitrogens with one attached hydrogen (secondary N) is 1. The van der Waals surface area contributed by atoms with Crippen molar-refractivity contribution >= 4 is 23.3 Å². The van der Waals surface area contributed by atoms with Crippen molar-refractivity contribution in [2.24, 2.45) is 11.3 Å². The van der Waals surface area contributed by atoms with Crippen LogP contribution in [0, 0.1) is 11.3 Å². The number of anilines is 2. The lowest BCUT2D eigenvalue weighted by molar-refractivity contribution is -0.125. The summed E-state index contributed by atoms with van der Waals surface area (Å²) in [5.74, 6) is 1.05. The number of carbonyl (C=O) groups excluding carboxylic acids is 2. The van der Waals surface area contributed by atoms with Gasteiger partial charge in [-0.05, 0) is 55.2 Å². The summed E-state index contributed by atoms with van der Waals surface area (Å²) in [4.78, 5) is 32.2. The van der Waals surface area contributed by atoms with E-state index in [0.29, 0.717) is 24.3 Å². The van der Waals surface area contributed by atoms with Gasteiger partial charge in [0, 0.05) is 36.3 Å². The number of amides is 2. The summed E-state index contributed by atoms with van der Waals surface area (Å²) < 4.78 is 2.10. The van der Waals surface area contributed by atoms with Crippen molar-refractivity contribution in [2.45, 2.75) is 64.3 Å². The topological polar surface area (TPSA) is 80.1 Å². The number of aromatic nitrogens is 3. The summed E-state index contributed by atoms with van der Waals surface area (Å²) in [6.45, 7) is 2.82. The summed E-state index contributed by atoms with van der Waals surface area (Å²) in [5, 5.41) is 7.51. The van der Waals surface area contributed by atoms with Gasteiger partial charge >= 0.3 is 0 Å². The van der Waals surface area contributed by atoms with E-state index in [9.17, 15) is 9.59 Å². The Morgan fingerprint density at radius 3 is 2.75 bits per heavy atom. The number of nitrogens with zero attached hydrogens (tertiary/aromatic N) is 4. The second kappa shape index (κ2) is 9.19. The van der Waals surface area contributed by atoms with E-state index in [4.69, 9.17) is 0 Å². The van der Waals surface area contributed by atoms with Crippen LogP contribution in [0.25, 0.3) is 11.1 Å². The number of benzene rings is 1. The van der Waals surface area contributed by atoms with E-state index in [2.05, 4.69) is 45.3 Å². The molecule has 186 valence electrons. The van der Waals surface area contributed by atoms with Gasteiger partial charge in [-0.1, -0.05) is 44.0 Å². The molecule has 2 aliphatic carbocycles. The fourth-order valence-corrected chi connectivity index (χ4v) is 5.95. The Bertz CT molecular complexity index is 1290. The molecule has 7 nitrogen and oxygen atoms in total. The van der Waals surface area contributed by atoms with Gasteiger partial charge in [-0.25, -0.2) is 4.98 Å². The molecule has 0 unspecified atom stereocenters. The molecular formula is C29H33N5O2. The molecule has 0 radical (unpaired) electrons. The van der Waals surface area contributed by atoms with Crippen LogP contribution in [-0.4, -0.2) is 33.1 Å². The zero-order valence-corrected chi connectivity index (χ0v) is 20.8. The minimum absolute atomic E-state index is 0.131. The summed E-state index contributed by atoms with van der Waals surface area (Å²) in [7, 11) is 0. The number of pyridine rings is 1. The van der Waals surface area contributed by atoms with Gasteiger partial charge in [0.1, 0.15) is 5.82 Å². The third kappa shape index (κ3) is 4.43. The molecule has 6 rings (SSSR count). The molecule has 2 aromatic heterocycles. The SMILES string of the molecule is C[C@@]1(C2CC2)CCN(c2ccnc(NC(=O)Cc3cccc(-c4cnn(C5CCCC5)c4)c3)c2)C1=O. The molecule has 1 atom stereocenters. The predicted molar refractivity (Wildman–Crippen MR) is 140 cm³/mol. The Balaban J connectivity index is 1.11. The first kappa shape index (κ1) is 23.0. The first-order chi connectivity index (χ1) is 17.5. The van der Waals surface area contributed by atoms with Crippen LogP contribution in [0.5, 0.6) is 0 Å². The highest BCUT2D eigenvalue weighted by Crippen LogP contribution is 2.51. The third-order valence-corrected chi connectivity index (χ3v) is 8.31. The van der Waals surface area contributed by atoms with Gasteiger partial charge in [0.25, 0.3) is 0 Å². The Kier molecular flexibility index (Phi) is 5.86. The molecule has 1 saturated heterocycles. The number of carbonyl (C=O) groups is 2. The van der Waals surface area contributed by atoms with Gasteiger partial charge in [0.15, 0.2) is 0 Å². The average Bonchev–Trinajstić information content (AvgIpc) is 3.26. The highest BCUT2D eigenvalue weighted by molar-refractivity contribution is 6.00. The number of hydrogen-bond donors (Lipinski definition) is 1. The van der Waals surface area contributed by atoms with Crippen LogP contribution in [-0.2, 0) is 16.0 Å². The minimum atomic E-state index is -0.245. The van der Waals surface area contributed by atoms with Crippen LogP contribution >= 0.6 is 0 Å². The maximum Gasteiger partial charge on any atom is 0.233 e. The zero-order chi connectivity index (χ0) is 24.7. The first-order valence-electron chi connectivity index (χ1n) is 13.2. The molecule has 3 aliphatic rings. The Morgan fingerprint density at radius 1 is 1.11 bits per heavy atom. The van der Waals surface area contributed by atoms with Crippen LogP contribution in [0.1, 0.15) is 63.5 Å². The molecule has 2 saturated carbocycles. The molecule has 2 amide bonds. The molecule has 1 aliphatic heterocycles. The second-order valence-corrected chi connectivity index (χ2v) is 10.9. The Labute approximate surface area is 211 Å². The van der Waals surface area contributed by atoms with E-state index in [1.807, 2.05) is 35.4 Å². The first-order valence-corrected chi connectivity index (χ1v) is 13.2. The second-order valence-electron chi connectivity index (χ2n) is 10.9. The Morgan fingerprint density at radius 2 is 1.94 bits per heavy atom. The molecule has 3 heterocycles. The smallest absolute Gasteiger partial charge is 0.233 e. The van der Waals surface area contributed by atoms with Crippen molar-refractivity contribution in [3.63, 3.8) is 0 Å². The molecule has 3 fully saturated rings. The zero-order valence-electron chi connectivity index (χ0n) is 20.8. The highest BCUT2D eigenvalue weighted by atomic mass is 16.2. The predicted octanol–water partition coefficient (Wildman–Crippen LogP) is 5.39. The Hall–Kier alpha value is -3.48. The molecule has 1 aromatic carbocycles. The normalized spacial score (nSPS) is 22.4. The van der Waals surface area contributed by atoms with Crippen LogP contribution in [0.4, 0.5) is 11.5 Å². The number of rotatable bonds is 7. The summed E-state index contributed by atoms with van der Waals surface area (Å²) in [6.07, 6.45) is 14.1. The van der Waals surface area contributed by atoms with Gasteiger partial charge in [0.2, 0.25) is 11.8 Å². The summed E-state index contributed by atoms with van der Waals surface area (Å²) in [5.41, 5.74) is 3.63. The fraction of sp³-hybridized carbons (Fsp3) is 0.448. The van der Waals surface area contributed by atoms with Crippen LogP contribution in [0.2, 0.25) is 0 Å². The van der Waals surface area contributed by atoms with E-state index in [1.165, 1.54) is 25.7 Å². The lowest BCUT2D eigenvalue weighted by Crippen LogP contribution is -2.34. The van der Waals surface area contributed by atoms with E-state index in [0.717, 1.165) is 41.6 Å². The summed E-state index contributed by atoms with van der Waals surface area (Å²) in [6, 6.07) is 12.2. The van der Waals surface area contributed by atoms with Crippen molar-refractivity contribution < 1.29 is 9.59 Å². The van der Waals surface area contributed by atoms with Crippen LogP contribution in [0.15, 0.2) is 55.0 Å². The van der Waals surface area contributed by atoms with Crippen molar-refractivity contribution in [1.82, 2.24) is 14.8 Å². The molecular weight excluding hydrogens is 450 g/mol. The standard InChI is InChI=1S/C29H33N5O2/c1-29(23-9-10-23)12-14-33(28(29)36)25-11-13-30-26(17-25)32-27(35)16-20-5-4-6-21(15-20)22-18-31-34(19-22)24-7-2-3-8-24/h4-6,11,13,15,17-19,23-24H,2-3,7-10,12,14,16H2,1H3,(H,30,32,35)/t29-/m0/s1.